The molecule has 8 nitrogen and oxygen atoms in total. The Bertz CT molecular complexity index is 1150. The molecule has 1 amide bonds. The van der Waals surface area contributed by atoms with Crippen LogP contribution in [-0.4, -0.2) is 57.5 Å². The molecule has 1 atom stereocenters. The fourth-order valence-electron chi connectivity index (χ4n) is 3.81. The van der Waals surface area contributed by atoms with Gasteiger partial charge in [-0.15, -0.1) is 0 Å². The van der Waals surface area contributed by atoms with Crippen LogP contribution in [0.2, 0.25) is 0 Å². The summed E-state index contributed by atoms with van der Waals surface area (Å²) in [5, 5.41) is 2.77. The minimum Gasteiger partial charge on any atom is -0.326 e. The molecule has 32 heavy (non-hydrogen) atoms. The molecule has 1 saturated heterocycles. The van der Waals surface area contributed by atoms with Crippen LogP contribution in [-0.2, 0) is 24.8 Å². The first-order valence-corrected chi connectivity index (χ1v) is 13.5. The second-order valence-corrected chi connectivity index (χ2v) is 11.5. The molecule has 10 heteroatoms. The Morgan fingerprint density at radius 1 is 1.00 bits per heavy atom. The van der Waals surface area contributed by atoms with E-state index in [9.17, 15) is 21.6 Å². The summed E-state index contributed by atoms with van der Waals surface area (Å²) in [5.74, 6) is -0.847. The first-order valence-electron chi connectivity index (χ1n) is 10.7. The summed E-state index contributed by atoms with van der Waals surface area (Å²) in [6, 6.07) is 14.3. The van der Waals surface area contributed by atoms with Crippen molar-refractivity contribution < 1.29 is 21.6 Å². The minimum atomic E-state index is -3.67. The predicted molar refractivity (Wildman–Crippen MR) is 123 cm³/mol. The summed E-state index contributed by atoms with van der Waals surface area (Å²) in [6.07, 6.45) is 1.13. The molecule has 0 spiro atoms. The molecular weight excluding hydrogens is 450 g/mol. The van der Waals surface area contributed by atoms with Gasteiger partial charge in [0, 0.05) is 31.9 Å². The number of hydrogen-bond donors (Lipinski definition) is 1. The number of rotatable bonds is 8. The van der Waals surface area contributed by atoms with Crippen molar-refractivity contribution in [2.75, 3.05) is 31.5 Å². The van der Waals surface area contributed by atoms with E-state index in [0.29, 0.717) is 38.2 Å². The summed E-state index contributed by atoms with van der Waals surface area (Å²) < 4.78 is 54.0. The maximum Gasteiger partial charge on any atom is 0.243 e. The van der Waals surface area contributed by atoms with Gasteiger partial charge in [-0.05, 0) is 43.2 Å². The molecule has 0 unspecified atom stereocenters. The third kappa shape index (κ3) is 5.20. The molecule has 1 N–H and O–H groups in total. The van der Waals surface area contributed by atoms with Crippen molar-refractivity contribution in [3.63, 3.8) is 0 Å². The summed E-state index contributed by atoms with van der Waals surface area (Å²) in [6.45, 7) is 4.68. The Labute approximate surface area is 190 Å². The van der Waals surface area contributed by atoms with Crippen molar-refractivity contribution in [2.45, 2.75) is 36.5 Å². The van der Waals surface area contributed by atoms with Gasteiger partial charge in [-0.3, -0.25) is 4.79 Å². The van der Waals surface area contributed by atoms with Crippen LogP contribution >= 0.6 is 0 Å². The Morgan fingerprint density at radius 3 is 2.31 bits per heavy atom. The monoisotopic (exact) mass is 479 g/mol. The lowest BCUT2D eigenvalue weighted by Crippen LogP contribution is -2.43. The van der Waals surface area contributed by atoms with Gasteiger partial charge < -0.3 is 5.32 Å². The number of amides is 1. The fraction of sp³-hybridized carbons (Fsp3) is 0.409. The van der Waals surface area contributed by atoms with E-state index in [2.05, 4.69) is 5.32 Å². The number of sulfonamides is 2. The molecule has 2 aromatic carbocycles. The van der Waals surface area contributed by atoms with Crippen LogP contribution in [0.3, 0.4) is 0 Å². The molecule has 2 aromatic rings. The highest BCUT2D eigenvalue weighted by Gasteiger charge is 2.33. The normalized spacial score (nSPS) is 17.9. The topological polar surface area (TPSA) is 104 Å². The lowest BCUT2D eigenvalue weighted by atomic mass is 9.99. The van der Waals surface area contributed by atoms with Gasteiger partial charge in [0.2, 0.25) is 26.0 Å². The molecule has 0 aliphatic carbocycles. The number of nitrogens with one attached hydrogen (secondary N) is 1. The second kappa shape index (κ2) is 10.1. The molecule has 3 rings (SSSR count). The molecule has 0 saturated carbocycles. The van der Waals surface area contributed by atoms with Gasteiger partial charge in [-0.25, -0.2) is 16.8 Å². The van der Waals surface area contributed by atoms with E-state index in [1.807, 2.05) is 0 Å². The average Bonchev–Trinajstić information content (AvgIpc) is 2.80. The van der Waals surface area contributed by atoms with Crippen LogP contribution in [0, 0.1) is 5.92 Å². The highest BCUT2D eigenvalue weighted by molar-refractivity contribution is 7.89. The molecule has 1 heterocycles. The summed E-state index contributed by atoms with van der Waals surface area (Å²) >= 11 is 0. The molecule has 0 radical (unpaired) electrons. The van der Waals surface area contributed by atoms with Crippen molar-refractivity contribution in [1.29, 1.82) is 0 Å². The number of nitrogens with zero attached hydrogens (tertiary/aromatic N) is 2. The Balaban J connectivity index is 1.74. The number of benzene rings is 2. The number of carbonyl (C=O) groups is 1. The third-order valence-electron chi connectivity index (χ3n) is 5.58. The van der Waals surface area contributed by atoms with E-state index in [1.165, 1.54) is 20.7 Å². The molecule has 1 aliphatic rings. The highest BCUT2D eigenvalue weighted by atomic mass is 32.2. The summed E-state index contributed by atoms with van der Waals surface area (Å²) in [5.41, 5.74) is 0.367. The zero-order valence-corrected chi connectivity index (χ0v) is 19.9. The van der Waals surface area contributed by atoms with Gasteiger partial charge in [0.15, 0.2) is 0 Å². The fourth-order valence-corrected chi connectivity index (χ4v) is 6.86. The molecule has 1 fully saturated rings. The summed E-state index contributed by atoms with van der Waals surface area (Å²) in [7, 11) is -7.32. The van der Waals surface area contributed by atoms with E-state index >= 15 is 0 Å². The van der Waals surface area contributed by atoms with Crippen molar-refractivity contribution in [1.82, 2.24) is 8.61 Å². The Morgan fingerprint density at radius 2 is 1.66 bits per heavy atom. The summed E-state index contributed by atoms with van der Waals surface area (Å²) in [4.78, 5) is 13.2. The van der Waals surface area contributed by atoms with Crippen LogP contribution in [0.5, 0.6) is 0 Å². The van der Waals surface area contributed by atoms with Crippen LogP contribution in [0.15, 0.2) is 64.4 Å². The van der Waals surface area contributed by atoms with E-state index in [1.54, 1.807) is 56.3 Å². The SMILES string of the molecule is CCN(CC)S(=O)(=O)c1cccc(NC(=O)[C@H]2CCCN(S(=O)(=O)c3ccccc3)C2)c1. The van der Waals surface area contributed by atoms with Gasteiger partial charge in [0.25, 0.3) is 0 Å². The smallest absolute Gasteiger partial charge is 0.243 e. The second-order valence-electron chi connectivity index (χ2n) is 7.62. The third-order valence-corrected chi connectivity index (χ3v) is 9.51. The number of hydrogen-bond acceptors (Lipinski definition) is 5. The first kappa shape index (κ1) is 24.4. The van der Waals surface area contributed by atoms with E-state index in [-0.39, 0.29) is 22.2 Å². The first-order chi connectivity index (χ1) is 15.2. The standard InChI is InChI=1S/C22H29N3O5S2/c1-3-24(4-2)32(29,30)21-14-8-11-19(16-21)23-22(26)18-10-9-15-25(17-18)31(27,28)20-12-6-5-7-13-20/h5-8,11-14,16,18H,3-4,9-10,15,17H2,1-2H3,(H,23,26)/t18-/m0/s1. The quantitative estimate of drug-likeness (QED) is 0.627. The van der Waals surface area contributed by atoms with Crippen LogP contribution < -0.4 is 5.32 Å². The zero-order valence-electron chi connectivity index (χ0n) is 18.3. The van der Waals surface area contributed by atoms with E-state index < -0.39 is 26.0 Å². The number of carbonyl (C=O) groups excluding carboxylic acids is 1. The van der Waals surface area contributed by atoms with Crippen molar-refractivity contribution in [3.8, 4) is 0 Å². The molecular formula is C22H29N3O5S2. The van der Waals surface area contributed by atoms with Gasteiger partial charge in [0.05, 0.1) is 15.7 Å². The number of piperidine rings is 1. The minimum absolute atomic E-state index is 0.0838. The van der Waals surface area contributed by atoms with Crippen molar-refractivity contribution in [3.05, 3.63) is 54.6 Å². The van der Waals surface area contributed by atoms with Gasteiger partial charge in [-0.2, -0.15) is 8.61 Å². The maximum atomic E-state index is 12.9. The predicted octanol–water partition coefficient (Wildman–Crippen LogP) is 2.76. The largest absolute Gasteiger partial charge is 0.326 e. The molecule has 1 aliphatic heterocycles. The lowest BCUT2D eigenvalue weighted by Gasteiger charge is -2.31. The highest BCUT2D eigenvalue weighted by Crippen LogP contribution is 2.25. The van der Waals surface area contributed by atoms with Crippen LogP contribution in [0.1, 0.15) is 26.7 Å². The number of anilines is 1. The van der Waals surface area contributed by atoms with Crippen LogP contribution in [0.25, 0.3) is 0 Å². The van der Waals surface area contributed by atoms with Gasteiger partial charge in [0.1, 0.15) is 0 Å². The maximum absolute atomic E-state index is 12.9. The van der Waals surface area contributed by atoms with Gasteiger partial charge >= 0.3 is 0 Å². The Hall–Kier alpha value is -2.27. The van der Waals surface area contributed by atoms with Crippen molar-refractivity contribution in [2.24, 2.45) is 5.92 Å². The molecule has 0 aromatic heterocycles. The van der Waals surface area contributed by atoms with Gasteiger partial charge in [-0.1, -0.05) is 38.1 Å². The van der Waals surface area contributed by atoms with E-state index in [0.717, 1.165) is 0 Å². The van der Waals surface area contributed by atoms with Crippen molar-refractivity contribution >= 4 is 31.6 Å². The lowest BCUT2D eigenvalue weighted by molar-refractivity contribution is -0.120. The average molecular weight is 480 g/mol. The molecule has 174 valence electrons. The molecule has 0 bridgehead atoms. The Kier molecular flexibility index (Phi) is 7.71. The zero-order chi connectivity index (χ0) is 23.4. The van der Waals surface area contributed by atoms with E-state index in [4.69, 9.17) is 0 Å². The van der Waals surface area contributed by atoms with Crippen LogP contribution in [0.4, 0.5) is 5.69 Å².